The van der Waals surface area contributed by atoms with E-state index in [-0.39, 0.29) is 31.1 Å². The van der Waals surface area contributed by atoms with Crippen LogP contribution in [0.2, 0.25) is 0 Å². The molecular formula is C75H124O6. The van der Waals surface area contributed by atoms with Crippen molar-refractivity contribution in [3.8, 4) is 0 Å². The summed E-state index contributed by atoms with van der Waals surface area (Å²) in [5.41, 5.74) is 0. The van der Waals surface area contributed by atoms with E-state index in [1.54, 1.807) is 0 Å². The van der Waals surface area contributed by atoms with Gasteiger partial charge in [0.1, 0.15) is 13.2 Å². The first kappa shape index (κ1) is 76.5. The first-order chi connectivity index (χ1) is 40.0. The Hall–Kier alpha value is -4.45. The van der Waals surface area contributed by atoms with Crippen LogP contribution < -0.4 is 0 Å². The fraction of sp³-hybridized carbons (Fsp3) is 0.667. The summed E-state index contributed by atoms with van der Waals surface area (Å²) in [6.07, 6.45) is 95.9. The molecule has 0 aromatic carbocycles. The quantitative estimate of drug-likeness (QED) is 0.0261. The van der Waals surface area contributed by atoms with Crippen LogP contribution in [0.5, 0.6) is 0 Å². The lowest BCUT2D eigenvalue weighted by Gasteiger charge is -2.18. The van der Waals surface area contributed by atoms with Gasteiger partial charge in [0.05, 0.1) is 0 Å². The number of allylic oxidation sites excluding steroid dienone is 22. The molecule has 6 heteroatoms. The van der Waals surface area contributed by atoms with Crippen LogP contribution in [0, 0.1) is 0 Å². The van der Waals surface area contributed by atoms with Crippen LogP contribution in [0.4, 0.5) is 0 Å². The highest BCUT2D eigenvalue weighted by atomic mass is 16.6. The van der Waals surface area contributed by atoms with Gasteiger partial charge in [-0.2, -0.15) is 0 Å². The smallest absolute Gasteiger partial charge is 0.306 e. The van der Waals surface area contributed by atoms with E-state index in [1.165, 1.54) is 122 Å². The van der Waals surface area contributed by atoms with Gasteiger partial charge in [-0.3, -0.25) is 14.4 Å². The molecular weight excluding hydrogens is 997 g/mol. The molecule has 0 bridgehead atoms. The van der Waals surface area contributed by atoms with Gasteiger partial charge in [-0.1, -0.05) is 276 Å². The summed E-state index contributed by atoms with van der Waals surface area (Å²) in [7, 11) is 0. The standard InChI is InChI=1S/C75H124O6/c1-4-7-10-13-16-19-22-25-28-31-34-36-37-39-41-44-47-50-53-56-59-62-65-68-74(77)80-71-72(70-79-73(76)67-64-61-58-55-52-49-46-43-40-33-30-27-24-21-18-15-12-9-6-3)81-75(78)69-66-63-60-57-54-51-48-45-42-38-35-32-29-26-23-20-17-14-11-8-5-2/h9,12,18,21-23,25-27,30-32,34-35,37,39-40,42-43,45,49,52,72H,4-8,10-11,13-17,19-20,24,28-29,33,36,38,41,44,46-48,50-51,53-71H2,1-3H3/b12-9-,21-18-,25-22-,26-23-,30-27-,34-31-,35-32-,39-37-,43-40-,45-42-,52-49-. The summed E-state index contributed by atoms with van der Waals surface area (Å²) in [6.45, 7) is 6.48. The van der Waals surface area contributed by atoms with Crippen molar-refractivity contribution in [1.82, 2.24) is 0 Å². The Morgan fingerprint density at radius 3 is 0.765 bits per heavy atom. The molecule has 1 atom stereocenters. The molecule has 0 aliphatic carbocycles. The van der Waals surface area contributed by atoms with Gasteiger partial charge in [-0.25, -0.2) is 0 Å². The first-order valence-electron chi connectivity index (χ1n) is 33.7. The van der Waals surface area contributed by atoms with Crippen LogP contribution >= 0.6 is 0 Å². The molecule has 0 radical (unpaired) electrons. The molecule has 460 valence electrons. The lowest BCUT2D eigenvalue weighted by molar-refractivity contribution is -0.167. The number of ether oxygens (including phenoxy) is 3. The van der Waals surface area contributed by atoms with Crippen LogP contribution in [0.3, 0.4) is 0 Å². The topological polar surface area (TPSA) is 78.9 Å². The number of esters is 3. The van der Waals surface area contributed by atoms with Crippen molar-refractivity contribution in [3.63, 3.8) is 0 Å². The second-order valence-electron chi connectivity index (χ2n) is 22.0. The SMILES string of the molecule is CC/C=C\C/C=C\C/C=C\C/C=C\C/C=C\CCCCCC(=O)OCC(COC(=O)CCCCCCCCCC/C=C\C/C=C\C/C=C\CCCCCCC)OC(=O)CCCCCCCC/C=C\C/C=C\C/C=C\CCCCCCC. The Morgan fingerprint density at radius 2 is 0.481 bits per heavy atom. The Kier molecular flexibility index (Phi) is 64.3. The number of unbranched alkanes of at least 4 members (excludes halogenated alkanes) is 27. The van der Waals surface area contributed by atoms with E-state index in [4.69, 9.17) is 14.2 Å². The van der Waals surface area contributed by atoms with Gasteiger partial charge in [0.25, 0.3) is 0 Å². The minimum atomic E-state index is -0.810. The molecule has 0 fully saturated rings. The molecule has 0 aromatic heterocycles. The van der Waals surface area contributed by atoms with Gasteiger partial charge >= 0.3 is 17.9 Å². The van der Waals surface area contributed by atoms with E-state index in [1.807, 2.05) is 0 Å². The average Bonchev–Trinajstić information content (AvgIpc) is 3.47. The summed E-state index contributed by atoms with van der Waals surface area (Å²) in [5, 5.41) is 0. The number of hydrogen-bond donors (Lipinski definition) is 0. The van der Waals surface area contributed by atoms with Crippen LogP contribution in [0.15, 0.2) is 134 Å². The molecule has 81 heavy (non-hydrogen) atoms. The Labute approximate surface area is 500 Å². The molecule has 0 aromatic rings. The van der Waals surface area contributed by atoms with E-state index in [9.17, 15) is 14.4 Å². The second-order valence-corrected chi connectivity index (χ2v) is 22.0. The zero-order valence-electron chi connectivity index (χ0n) is 52.8. The monoisotopic (exact) mass is 1120 g/mol. The van der Waals surface area contributed by atoms with Gasteiger partial charge in [0, 0.05) is 19.3 Å². The van der Waals surface area contributed by atoms with Crippen molar-refractivity contribution < 1.29 is 28.6 Å². The highest BCUT2D eigenvalue weighted by Gasteiger charge is 2.19. The summed E-state index contributed by atoms with van der Waals surface area (Å²) in [5.74, 6) is -0.950. The van der Waals surface area contributed by atoms with Gasteiger partial charge in [0.15, 0.2) is 6.10 Å². The van der Waals surface area contributed by atoms with E-state index in [0.29, 0.717) is 19.3 Å². The predicted molar refractivity (Wildman–Crippen MR) is 353 cm³/mol. The van der Waals surface area contributed by atoms with E-state index in [2.05, 4.69) is 154 Å². The van der Waals surface area contributed by atoms with Crippen molar-refractivity contribution in [2.75, 3.05) is 13.2 Å². The summed E-state index contributed by atoms with van der Waals surface area (Å²) < 4.78 is 16.9. The lowest BCUT2D eigenvalue weighted by atomic mass is 10.1. The molecule has 0 N–H and O–H groups in total. The third-order valence-corrected chi connectivity index (χ3v) is 14.1. The highest BCUT2D eigenvalue weighted by molar-refractivity contribution is 5.71. The zero-order valence-corrected chi connectivity index (χ0v) is 52.8. The fourth-order valence-corrected chi connectivity index (χ4v) is 9.07. The Morgan fingerprint density at radius 1 is 0.259 bits per heavy atom. The maximum absolute atomic E-state index is 12.9. The number of carbonyl (C=O) groups is 3. The Balaban J connectivity index is 4.50. The van der Waals surface area contributed by atoms with Crippen LogP contribution in [0.25, 0.3) is 0 Å². The summed E-state index contributed by atoms with van der Waals surface area (Å²) in [6, 6.07) is 0. The third-order valence-electron chi connectivity index (χ3n) is 14.1. The van der Waals surface area contributed by atoms with Gasteiger partial charge in [-0.15, -0.1) is 0 Å². The third kappa shape index (κ3) is 66.2. The van der Waals surface area contributed by atoms with E-state index >= 15 is 0 Å². The molecule has 1 unspecified atom stereocenters. The molecule has 0 amide bonds. The van der Waals surface area contributed by atoms with Gasteiger partial charge in [-0.05, 0) is 141 Å². The minimum Gasteiger partial charge on any atom is -0.462 e. The normalized spacial score (nSPS) is 13.0. The predicted octanol–water partition coefficient (Wildman–Crippen LogP) is 23.3. The van der Waals surface area contributed by atoms with Crippen LogP contribution in [-0.4, -0.2) is 37.2 Å². The molecule has 0 aliphatic heterocycles. The van der Waals surface area contributed by atoms with Gasteiger partial charge < -0.3 is 14.2 Å². The molecule has 0 saturated heterocycles. The van der Waals surface area contributed by atoms with Crippen molar-refractivity contribution in [2.45, 2.75) is 309 Å². The molecule has 0 saturated carbocycles. The van der Waals surface area contributed by atoms with Crippen molar-refractivity contribution in [2.24, 2.45) is 0 Å². The second kappa shape index (κ2) is 68.1. The van der Waals surface area contributed by atoms with E-state index in [0.717, 1.165) is 141 Å². The maximum Gasteiger partial charge on any atom is 0.306 e. The molecule has 0 spiro atoms. The van der Waals surface area contributed by atoms with Gasteiger partial charge in [0.2, 0.25) is 0 Å². The summed E-state index contributed by atoms with van der Waals surface area (Å²) >= 11 is 0. The number of rotatable bonds is 60. The molecule has 6 nitrogen and oxygen atoms in total. The van der Waals surface area contributed by atoms with Crippen molar-refractivity contribution in [1.29, 1.82) is 0 Å². The molecule has 0 heterocycles. The van der Waals surface area contributed by atoms with Crippen LogP contribution in [-0.2, 0) is 28.6 Å². The molecule has 0 aliphatic rings. The van der Waals surface area contributed by atoms with Crippen molar-refractivity contribution >= 4 is 17.9 Å². The summed E-state index contributed by atoms with van der Waals surface area (Å²) in [4.78, 5) is 38.4. The van der Waals surface area contributed by atoms with E-state index < -0.39 is 6.10 Å². The largest absolute Gasteiger partial charge is 0.462 e. The number of hydrogen-bond acceptors (Lipinski definition) is 6. The Bertz CT molecular complexity index is 1720. The maximum atomic E-state index is 12.9. The zero-order chi connectivity index (χ0) is 58.5. The fourth-order valence-electron chi connectivity index (χ4n) is 9.07. The molecule has 0 rings (SSSR count). The van der Waals surface area contributed by atoms with Crippen molar-refractivity contribution in [3.05, 3.63) is 134 Å². The average molecular weight is 1120 g/mol. The first-order valence-corrected chi connectivity index (χ1v) is 33.7. The lowest BCUT2D eigenvalue weighted by Crippen LogP contribution is -2.30. The minimum absolute atomic E-state index is 0.102. The number of carbonyl (C=O) groups excluding carboxylic acids is 3. The van der Waals surface area contributed by atoms with Crippen LogP contribution in [0.1, 0.15) is 303 Å². The highest BCUT2D eigenvalue weighted by Crippen LogP contribution is 2.15.